The van der Waals surface area contributed by atoms with E-state index in [4.69, 9.17) is 0 Å². The molecule has 0 aromatic heterocycles. The molecule has 0 spiro atoms. The minimum Gasteiger partial charge on any atom is -0.207 e. The summed E-state index contributed by atoms with van der Waals surface area (Å²) in [4.78, 5) is 0. The van der Waals surface area contributed by atoms with Crippen LogP contribution in [-0.4, -0.2) is 0 Å². The maximum absolute atomic E-state index is 15.1. The van der Waals surface area contributed by atoms with E-state index in [0.29, 0.717) is 11.5 Å². The van der Waals surface area contributed by atoms with E-state index < -0.39 is 0 Å². The van der Waals surface area contributed by atoms with Crippen LogP contribution in [0.2, 0.25) is 0 Å². The number of halogens is 2. The van der Waals surface area contributed by atoms with Crippen LogP contribution in [-0.2, 0) is 19.3 Å². The summed E-state index contributed by atoms with van der Waals surface area (Å²) in [5.41, 5.74) is 5.17. The van der Waals surface area contributed by atoms with Gasteiger partial charge in [0.1, 0.15) is 11.6 Å². The number of fused-ring (bicyclic) bond motifs is 1. The summed E-state index contributed by atoms with van der Waals surface area (Å²) < 4.78 is 30.3. The van der Waals surface area contributed by atoms with E-state index in [9.17, 15) is 0 Å². The van der Waals surface area contributed by atoms with Crippen molar-refractivity contribution in [3.63, 3.8) is 0 Å². The zero-order chi connectivity index (χ0) is 21.1. The van der Waals surface area contributed by atoms with E-state index in [2.05, 4.69) is 32.0 Å². The summed E-state index contributed by atoms with van der Waals surface area (Å²) in [5.74, 6) is 0.434. The zero-order valence-corrected chi connectivity index (χ0v) is 18.7. The highest BCUT2D eigenvalue weighted by atomic mass is 19.1. The first-order valence-corrected chi connectivity index (χ1v) is 12.2. The quantitative estimate of drug-likeness (QED) is 0.449. The van der Waals surface area contributed by atoms with Crippen LogP contribution in [0.15, 0.2) is 30.3 Å². The second-order valence-corrected chi connectivity index (χ2v) is 9.65. The van der Waals surface area contributed by atoms with Gasteiger partial charge in [-0.05, 0) is 104 Å². The normalized spacial score (nSPS) is 23.9. The van der Waals surface area contributed by atoms with Crippen LogP contribution in [0.5, 0.6) is 0 Å². The molecular formula is C28H36F2. The van der Waals surface area contributed by atoms with Crippen LogP contribution in [0.25, 0.3) is 0 Å². The highest BCUT2D eigenvalue weighted by Crippen LogP contribution is 2.41. The lowest BCUT2D eigenvalue weighted by Crippen LogP contribution is -2.17. The summed E-state index contributed by atoms with van der Waals surface area (Å²) in [6.45, 7) is 4.41. The maximum Gasteiger partial charge on any atom is 0.129 e. The SMILES string of the molecule is CCCCC1CCC(c2cc(F)c(C3CCc4cc(CC)ccc4C3)c(F)c2)CC1. The van der Waals surface area contributed by atoms with Gasteiger partial charge in [-0.25, -0.2) is 8.78 Å². The zero-order valence-electron chi connectivity index (χ0n) is 18.7. The smallest absolute Gasteiger partial charge is 0.129 e. The van der Waals surface area contributed by atoms with Gasteiger partial charge in [-0.2, -0.15) is 0 Å². The molecule has 0 aliphatic heterocycles. The van der Waals surface area contributed by atoms with Crippen LogP contribution in [0.3, 0.4) is 0 Å². The first-order valence-electron chi connectivity index (χ1n) is 12.2. The first-order chi connectivity index (χ1) is 14.6. The fraction of sp³-hybridized carbons (Fsp3) is 0.571. The van der Waals surface area contributed by atoms with E-state index in [1.807, 2.05) is 0 Å². The van der Waals surface area contributed by atoms with Crippen LogP contribution in [0.4, 0.5) is 8.78 Å². The minimum absolute atomic E-state index is 0.0520. The van der Waals surface area contributed by atoms with Gasteiger partial charge < -0.3 is 0 Å². The fourth-order valence-corrected chi connectivity index (χ4v) is 5.78. The predicted molar refractivity (Wildman–Crippen MR) is 121 cm³/mol. The van der Waals surface area contributed by atoms with Gasteiger partial charge in [-0.1, -0.05) is 51.3 Å². The van der Waals surface area contributed by atoms with Crippen molar-refractivity contribution in [3.05, 3.63) is 69.8 Å². The molecule has 2 aliphatic rings. The number of aryl methyl sites for hydroxylation is 2. The van der Waals surface area contributed by atoms with Crippen LogP contribution < -0.4 is 0 Å². The molecule has 1 saturated carbocycles. The second kappa shape index (κ2) is 9.62. The Balaban J connectivity index is 1.47. The molecule has 2 heteroatoms. The number of hydrogen-bond acceptors (Lipinski definition) is 0. The Bertz CT molecular complexity index is 838. The lowest BCUT2D eigenvalue weighted by molar-refractivity contribution is 0.303. The van der Waals surface area contributed by atoms with Crippen molar-refractivity contribution in [3.8, 4) is 0 Å². The average Bonchev–Trinajstić information content (AvgIpc) is 2.77. The molecule has 0 heterocycles. The van der Waals surface area contributed by atoms with E-state index in [1.54, 1.807) is 12.1 Å². The molecule has 0 amide bonds. The fourth-order valence-electron chi connectivity index (χ4n) is 5.78. The summed E-state index contributed by atoms with van der Waals surface area (Å²) in [6, 6.07) is 9.92. The molecule has 30 heavy (non-hydrogen) atoms. The van der Waals surface area contributed by atoms with Crippen LogP contribution in [0, 0.1) is 17.6 Å². The van der Waals surface area contributed by atoms with E-state index in [0.717, 1.165) is 50.0 Å². The Morgan fingerprint density at radius 3 is 2.23 bits per heavy atom. The molecule has 162 valence electrons. The highest BCUT2D eigenvalue weighted by Gasteiger charge is 2.28. The summed E-state index contributed by atoms with van der Waals surface area (Å²) in [7, 11) is 0. The molecule has 0 saturated heterocycles. The Labute approximate surface area is 181 Å². The third kappa shape index (κ3) is 4.63. The number of benzene rings is 2. The van der Waals surface area contributed by atoms with Gasteiger partial charge in [0.25, 0.3) is 0 Å². The highest BCUT2D eigenvalue weighted by molar-refractivity contribution is 5.39. The predicted octanol–water partition coefficient (Wildman–Crippen LogP) is 8.26. The molecule has 1 atom stereocenters. The summed E-state index contributed by atoms with van der Waals surface area (Å²) >= 11 is 0. The van der Waals surface area contributed by atoms with Crippen molar-refractivity contribution < 1.29 is 8.78 Å². The van der Waals surface area contributed by atoms with Crippen LogP contribution >= 0.6 is 0 Å². The lowest BCUT2D eigenvalue weighted by Gasteiger charge is -2.30. The van der Waals surface area contributed by atoms with Gasteiger partial charge in [0.2, 0.25) is 0 Å². The molecule has 0 N–H and O–H groups in total. The molecule has 0 nitrogen and oxygen atoms in total. The number of unbranched alkanes of at least 4 members (excludes halogenated alkanes) is 1. The van der Waals surface area contributed by atoms with Crippen molar-refractivity contribution >= 4 is 0 Å². The molecule has 4 rings (SSSR count). The van der Waals surface area contributed by atoms with Crippen molar-refractivity contribution in [2.45, 2.75) is 96.3 Å². The van der Waals surface area contributed by atoms with E-state index in [-0.39, 0.29) is 17.6 Å². The number of rotatable bonds is 6. The lowest BCUT2D eigenvalue weighted by atomic mass is 9.75. The molecule has 0 bridgehead atoms. The Morgan fingerprint density at radius 1 is 0.833 bits per heavy atom. The van der Waals surface area contributed by atoms with Gasteiger partial charge in [0, 0.05) is 5.56 Å². The van der Waals surface area contributed by atoms with E-state index in [1.165, 1.54) is 48.8 Å². The summed E-state index contributed by atoms with van der Waals surface area (Å²) in [5, 5.41) is 0. The standard InChI is InChI=1S/C28H36F2/c1-3-5-6-20-8-10-21(11-9-20)25-17-26(29)28(27(30)18-25)24-14-13-22-15-19(4-2)7-12-23(22)16-24/h7,12,15,17-18,20-21,24H,3-6,8-11,13-14,16H2,1-2H3. The van der Waals surface area contributed by atoms with Gasteiger partial charge in [0.05, 0.1) is 0 Å². The molecule has 2 aliphatic carbocycles. The van der Waals surface area contributed by atoms with E-state index >= 15 is 8.78 Å². The van der Waals surface area contributed by atoms with Crippen molar-refractivity contribution in [1.82, 2.24) is 0 Å². The van der Waals surface area contributed by atoms with Gasteiger partial charge in [-0.15, -0.1) is 0 Å². The maximum atomic E-state index is 15.1. The molecule has 1 unspecified atom stereocenters. The van der Waals surface area contributed by atoms with Crippen molar-refractivity contribution in [2.75, 3.05) is 0 Å². The molecule has 1 fully saturated rings. The van der Waals surface area contributed by atoms with Crippen LogP contribution in [0.1, 0.15) is 105 Å². The van der Waals surface area contributed by atoms with Crippen molar-refractivity contribution in [2.24, 2.45) is 5.92 Å². The Hall–Kier alpha value is -1.70. The first kappa shape index (κ1) is 21.5. The average molecular weight is 411 g/mol. The number of hydrogen-bond donors (Lipinski definition) is 0. The monoisotopic (exact) mass is 410 g/mol. The summed E-state index contributed by atoms with van der Waals surface area (Å²) in [6.07, 6.45) is 11.9. The third-order valence-electron chi connectivity index (χ3n) is 7.70. The minimum atomic E-state index is -0.322. The Morgan fingerprint density at radius 2 is 1.57 bits per heavy atom. The molecule has 0 radical (unpaired) electrons. The van der Waals surface area contributed by atoms with Gasteiger partial charge in [-0.3, -0.25) is 0 Å². The third-order valence-corrected chi connectivity index (χ3v) is 7.70. The molecular weight excluding hydrogens is 374 g/mol. The Kier molecular flexibility index (Phi) is 6.91. The largest absolute Gasteiger partial charge is 0.207 e. The molecule has 2 aromatic rings. The van der Waals surface area contributed by atoms with Gasteiger partial charge in [0.15, 0.2) is 0 Å². The van der Waals surface area contributed by atoms with Gasteiger partial charge >= 0.3 is 0 Å². The second-order valence-electron chi connectivity index (χ2n) is 9.65. The topological polar surface area (TPSA) is 0 Å². The molecule has 2 aromatic carbocycles. The van der Waals surface area contributed by atoms with Crippen molar-refractivity contribution in [1.29, 1.82) is 0 Å².